The van der Waals surface area contributed by atoms with E-state index in [2.05, 4.69) is 4.98 Å². The average Bonchev–Trinajstić information content (AvgIpc) is 2.71. The van der Waals surface area contributed by atoms with Gasteiger partial charge in [-0.15, -0.1) is 0 Å². The van der Waals surface area contributed by atoms with Crippen LogP contribution in [0, 0.1) is 5.82 Å². The van der Waals surface area contributed by atoms with E-state index < -0.39 is 47.4 Å². The smallest absolute Gasteiger partial charge is 0.299 e. The van der Waals surface area contributed by atoms with Crippen LogP contribution in [0.15, 0.2) is 67.0 Å². The Morgan fingerprint density at radius 2 is 1.56 bits per heavy atom. The normalized spacial score (nSPS) is 13.1. The van der Waals surface area contributed by atoms with E-state index in [9.17, 15) is 35.5 Å². The predicted molar refractivity (Wildman–Crippen MR) is 102 cm³/mol. The van der Waals surface area contributed by atoms with Crippen LogP contribution >= 0.6 is 0 Å². The quantitative estimate of drug-likeness (QED) is 0.393. The molecular weight excluding hydrogens is 439 g/mol. The summed E-state index contributed by atoms with van der Waals surface area (Å²) in [6.07, 6.45) is -7.42. The number of rotatable bonds is 6. The number of hydrogen-bond donors (Lipinski definition) is 0. The number of ketones is 1. The number of aromatic nitrogens is 1. The van der Waals surface area contributed by atoms with Gasteiger partial charge < -0.3 is 0 Å². The van der Waals surface area contributed by atoms with Gasteiger partial charge in [0.1, 0.15) is 11.6 Å². The van der Waals surface area contributed by atoms with Crippen molar-refractivity contribution in [3.8, 4) is 0 Å². The molecule has 9 heteroatoms. The molecule has 0 saturated carbocycles. The first-order valence-corrected chi connectivity index (χ1v) is 9.40. The zero-order chi connectivity index (χ0) is 23.5. The van der Waals surface area contributed by atoms with Crippen LogP contribution < -0.4 is 0 Å². The molecule has 0 aliphatic rings. The predicted octanol–water partition coefficient (Wildman–Crippen LogP) is 6.59. The Labute approximate surface area is 178 Å². The number of hydrogen-bond acceptors (Lipinski definition) is 2. The maximum atomic E-state index is 14.2. The third kappa shape index (κ3) is 5.52. The van der Waals surface area contributed by atoms with E-state index in [-0.39, 0.29) is 17.5 Å². The van der Waals surface area contributed by atoms with Gasteiger partial charge in [0.15, 0.2) is 0 Å². The van der Waals surface area contributed by atoms with E-state index in [1.165, 1.54) is 18.5 Å². The van der Waals surface area contributed by atoms with Crippen molar-refractivity contribution in [1.29, 1.82) is 0 Å². The van der Waals surface area contributed by atoms with Crippen LogP contribution in [0.1, 0.15) is 40.2 Å². The number of benzene rings is 2. The first-order chi connectivity index (χ1) is 15.0. The minimum atomic E-state index is -4.96. The third-order valence-electron chi connectivity index (χ3n) is 4.90. The SMILES string of the molecule is O=C(Cc1cccnc1)C[C@@H](c1ccc(C(F)(F)F)c(F)c1)c1ccccc1C(F)(F)F. The molecule has 0 unspecified atom stereocenters. The number of pyridine rings is 1. The topological polar surface area (TPSA) is 30.0 Å². The van der Waals surface area contributed by atoms with Crippen LogP contribution in [0.25, 0.3) is 0 Å². The zero-order valence-electron chi connectivity index (χ0n) is 16.3. The molecular formula is C23H16F7NO. The molecule has 0 spiro atoms. The van der Waals surface area contributed by atoms with Crippen molar-refractivity contribution in [1.82, 2.24) is 4.98 Å². The molecule has 0 aliphatic carbocycles. The van der Waals surface area contributed by atoms with Gasteiger partial charge in [-0.2, -0.15) is 26.3 Å². The molecule has 3 aromatic rings. The maximum absolute atomic E-state index is 14.2. The maximum Gasteiger partial charge on any atom is 0.419 e. The van der Waals surface area contributed by atoms with Crippen LogP contribution in [0.4, 0.5) is 30.7 Å². The van der Waals surface area contributed by atoms with E-state index in [1.54, 1.807) is 12.1 Å². The molecule has 3 rings (SSSR count). The molecule has 0 saturated heterocycles. The van der Waals surface area contributed by atoms with E-state index in [1.807, 2.05) is 0 Å². The molecule has 1 aromatic heterocycles. The van der Waals surface area contributed by atoms with Gasteiger partial charge in [-0.25, -0.2) is 4.39 Å². The van der Waals surface area contributed by atoms with Gasteiger partial charge in [-0.05, 0) is 41.0 Å². The highest BCUT2D eigenvalue weighted by molar-refractivity contribution is 5.82. The minimum absolute atomic E-state index is 0.137. The fourth-order valence-electron chi connectivity index (χ4n) is 3.47. The lowest BCUT2D eigenvalue weighted by atomic mass is 9.83. The fourth-order valence-corrected chi connectivity index (χ4v) is 3.47. The van der Waals surface area contributed by atoms with E-state index >= 15 is 0 Å². The summed E-state index contributed by atoms with van der Waals surface area (Å²) >= 11 is 0. The van der Waals surface area contributed by atoms with Gasteiger partial charge in [-0.1, -0.05) is 30.3 Å². The van der Waals surface area contributed by atoms with Crippen molar-refractivity contribution in [2.24, 2.45) is 0 Å². The Kier molecular flexibility index (Phi) is 6.66. The summed E-state index contributed by atoms with van der Waals surface area (Å²) in [7, 11) is 0. The molecule has 2 aromatic carbocycles. The van der Waals surface area contributed by atoms with E-state index in [4.69, 9.17) is 0 Å². The standard InChI is InChI=1S/C23H16F7NO/c24-21-11-15(7-8-20(21)23(28,29)30)18(12-16(32)10-14-4-3-9-31-13-14)17-5-1-2-6-19(17)22(25,26)27/h1-9,11,13,18H,10,12H2/t18-/m0/s1. The van der Waals surface area contributed by atoms with Gasteiger partial charge in [0.25, 0.3) is 0 Å². The molecule has 0 fully saturated rings. The van der Waals surface area contributed by atoms with Crippen molar-refractivity contribution < 1.29 is 35.5 Å². The van der Waals surface area contributed by atoms with Crippen LogP contribution in [-0.2, 0) is 23.6 Å². The minimum Gasteiger partial charge on any atom is -0.299 e. The second kappa shape index (κ2) is 9.10. The van der Waals surface area contributed by atoms with Gasteiger partial charge >= 0.3 is 12.4 Å². The Morgan fingerprint density at radius 1 is 0.875 bits per heavy atom. The molecule has 1 atom stereocenters. The van der Waals surface area contributed by atoms with Gasteiger partial charge in [-0.3, -0.25) is 9.78 Å². The molecule has 0 N–H and O–H groups in total. The number of carbonyl (C=O) groups is 1. The monoisotopic (exact) mass is 455 g/mol. The molecule has 1 heterocycles. The van der Waals surface area contributed by atoms with Crippen molar-refractivity contribution in [3.05, 3.63) is 101 Å². The summed E-state index contributed by atoms with van der Waals surface area (Å²) in [5.74, 6) is -3.39. The number of nitrogens with zero attached hydrogens (tertiary/aromatic N) is 1. The fraction of sp³-hybridized carbons (Fsp3) is 0.217. The number of carbonyl (C=O) groups excluding carboxylic acids is 1. The van der Waals surface area contributed by atoms with Crippen LogP contribution in [-0.4, -0.2) is 10.8 Å². The van der Waals surface area contributed by atoms with Crippen molar-refractivity contribution in [3.63, 3.8) is 0 Å². The summed E-state index contributed by atoms with van der Waals surface area (Å²) in [6.45, 7) is 0. The Morgan fingerprint density at radius 3 is 2.16 bits per heavy atom. The summed E-state index contributed by atoms with van der Waals surface area (Å²) < 4.78 is 93.8. The van der Waals surface area contributed by atoms with Crippen LogP contribution in [0.5, 0.6) is 0 Å². The first kappa shape index (κ1) is 23.4. The highest BCUT2D eigenvalue weighted by Gasteiger charge is 2.37. The van der Waals surface area contributed by atoms with E-state index in [0.29, 0.717) is 17.7 Å². The summed E-state index contributed by atoms with van der Waals surface area (Å²) in [4.78, 5) is 16.5. The van der Waals surface area contributed by atoms with Gasteiger partial charge in [0.05, 0.1) is 11.1 Å². The average molecular weight is 455 g/mol. The molecule has 168 valence electrons. The highest BCUT2D eigenvalue weighted by atomic mass is 19.4. The molecule has 0 aliphatic heterocycles. The second-order valence-corrected chi connectivity index (χ2v) is 7.16. The van der Waals surface area contributed by atoms with E-state index in [0.717, 1.165) is 24.3 Å². The van der Waals surface area contributed by atoms with Gasteiger partial charge in [0, 0.05) is 31.2 Å². The number of halogens is 7. The summed E-state index contributed by atoms with van der Waals surface area (Å²) in [5.41, 5.74) is -2.53. The Balaban J connectivity index is 2.05. The first-order valence-electron chi connectivity index (χ1n) is 9.40. The number of Topliss-reactive ketones (excluding diaryl/α,β-unsaturated/α-hetero) is 1. The molecule has 0 amide bonds. The molecule has 0 radical (unpaired) electrons. The second-order valence-electron chi connectivity index (χ2n) is 7.16. The Bertz CT molecular complexity index is 1090. The van der Waals surface area contributed by atoms with Crippen molar-refractivity contribution in [2.75, 3.05) is 0 Å². The summed E-state index contributed by atoms with van der Waals surface area (Å²) in [6, 6.07) is 9.55. The Hall–Kier alpha value is -3.23. The molecule has 2 nitrogen and oxygen atoms in total. The molecule has 32 heavy (non-hydrogen) atoms. The lowest BCUT2D eigenvalue weighted by molar-refractivity contribution is -0.140. The highest BCUT2D eigenvalue weighted by Crippen LogP contribution is 2.40. The largest absolute Gasteiger partial charge is 0.419 e. The molecule has 0 bridgehead atoms. The summed E-state index contributed by atoms with van der Waals surface area (Å²) in [5, 5.41) is 0. The third-order valence-corrected chi connectivity index (χ3v) is 4.90. The lowest BCUT2D eigenvalue weighted by Crippen LogP contribution is -2.17. The van der Waals surface area contributed by atoms with Gasteiger partial charge in [0.2, 0.25) is 0 Å². The van der Waals surface area contributed by atoms with Crippen molar-refractivity contribution in [2.45, 2.75) is 31.1 Å². The number of alkyl halides is 6. The van der Waals surface area contributed by atoms with Crippen LogP contribution in [0.2, 0.25) is 0 Å². The van der Waals surface area contributed by atoms with Crippen LogP contribution in [0.3, 0.4) is 0 Å². The van der Waals surface area contributed by atoms with Crippen molar-refractivity contribution >= 4 is 5.78 Å². The lowest BCUT2D eigenvalue weighted by Gasteiger charge is -2.22. The zero-order valence-corrected chi connectivity index (χ0v) is 16.3.